The zero-order valence-corrected chi connectivity index (χ0v) is 13.4. The van der Waals surface area contributed by atoms with Crippen molar-refractivity contribution >= 4 is 22.1 Å². The van der Waals surface area contributed by atoms with Crippen molar-refractivity contribution in [3.05, 3.63) is 29.3 Å². The van der Waals surface area contributed by atoms with Gasteiger partial charge in [0.25, 0.3) is 10.1 Å². The number of rotatable bonds is 3. The normalized spacial score (nSPS) is 10.3. The van der Waals surface area contributed by atoms with Gasteiger partial charge in [0.05, 0.1) is 30.2 Å². The molecule has 0 bridgehead atoms. The van der Waals surface area contributed by atoms with E-state index >= 15 is 0 Å². The molecule has 1 aromatic carbocycles. The molecule has 100 valence electrons. The Bertz CT molecular complexity index is 600. The third-order valence-corrected chi connectivity index (χ3v) is 2.95. The first-order chi connectivity index (χ1) is 8.31. The van der Waals surface area contributed by atoms with Crippen LogP contribution in [-0.4, -0.2) is 39.1 Å². The fraction of sp³-hybridized carbons (Fsp3) is 0.200. The molecule has 19 heavy (non-hydrogen) atoms. The molecule has 0 radical (unpaired) electrons. The molecule has 0 aliphatic heterocycles. The van der Waals surface area contributed by atoms with Crippen molar-refractivity contribution < 1.29 is 63.0 Å². The minimum absolute atomic E-state index is 0. The van der Waals surface area contributed by atoms with Crippen LogP contribution in [0, 0.1) is 0 Å². The molecule has 0 aliphatic carbocycles. The van der Waals surface area contributed by atoms with E-state index < -0.39 is 27.0 Å². The first-order valence-corrected chi connectivity index (χ1v) is 6.03. The van der Waals surface area contributed by atoms with Crippen molar-refractivity contribution in [3.8, 4) is 0 Å². The fourth-order valence-corrected chi connectivity index (χ4v) is 1.76. The van der Waals surface area contributed by atoms with Gasteiger partial charge in [-0.3, -0.25) is 4.55 Å². The third-order valence-electron chi connectivity index (χ3n) is 2.10. The number of benzene rings is 1. The van der Waals surface area contributed by atoms with Gasteiger partial charge in [-0.2, -0.15) is 8.42 Å². The van der Waals surface area contributed by atoms with Gasteiger partial charge in [0, 0.05) is 0 Å². The van der Waals surface area contributed by atoms with Gasteiger partial charge in [-0.25, -0.2) is 9.59 Å². The number of carbonyl (C=O) groups is 2. The van der Waals surface area contributed by atoms with Crippen LogP contribution in [0.2, 0.25) is 0 Å². The fourth-order valence-electron chi connectivity index (χ4n) is 1.25. The molecule has 0 unspecified atom stereocenters. The predicted molar refractivity (Wildman–Crippen MR) is 60.0 cm³/mol. The van der Waals surface area contributed by atoms with Gasteiger partial charge in [0.1, 0.15) is 0 Å². The summed E-state index contributed by atoms with van der Waals surface area (Å²) in [5.74, 6) is -1.74. The topological polar surface area (TPSA) is 107 Å². The van der Waals surface area contributed by atoms with Gasteiger partial charge in [0.15, 0.2) is 0 Å². The smallest absolute Gasteiger partial charge is 1.00 e. The van der Waals surface area contributed by atoms with Crippen molar-refractivity contribution in [1.82, 2.24) is 0 Å². The zero-order valence-electron chi connectivity index (χ0n) is 11.5. The van der Waals surface area contributed by atoms with Crippen LogP contribution >= 0.6 is 0 Å². The Morgan fingerprint density at radius 3 is 2.00 bits per heavy atom. The molecule has 0 fully saturated rings. The third kappa shape index (κ3) is 4.29. The van der Waals surface area contributed by atoms with Gasteiger partial charge < -0.3 is 10.9 Å². The Balaban J connectivity index is 0. The van der Waals surface area contributed by atoms with Crippen LogP contribution in [0.25, 0.3) is 0 Å². The van der Waals surface area contributed by atoms with Gasteiger partial charge in [0.2, 0.25) is 0 Å². The average molecular weight is 298 g/mol. The van der Waals surface area contributed by atoms with Gasteiger partial charge in [-0.1, -0.05) is 0 Å². The number of esters is 2. The summed E-state index contributed by atoms with van der Waals surface area (Å²) in [6, 6.07) is 2.88. The van der Waals surface area contributed by atoms with Crippen LogP contribution in [0.1, 0.15) is 22.1 Å². The van der Waals surface area contributed by atoms with Crippen LogP contribution in [0.15, 0.2) is 23.1 Å². The van der Waals surface area contributed by atoms with E-state index in [-0.39, 0.29) is 42.1 Å². The van der Waals surface area contributed by atoms with E-state index in [4.69, 9.17) is 4.55 Å². The molecule has 0 spiro atoms. The number of hydrogen-bond donors (Lipinski definition) is 1. The van der Waals surface area contributed by atoms with Crippen molar-refractivity contribution in [2.45, 2.75) is 4.90 Å². The first-order valence-electron chi connectivity index (χ1n) is 4.59. The van der Waals surface area contributed by atoms with E-state index in [1.807, 2.05) is 0 Å². The van der Waals surface area contributed by atoms with E-state index in [0.29, 0.717) is 0 Å². The maximum Gasteiger partial charge on any atom is 1.00 e. The van der Waals surface area contributed by atoms with E-state index in [0.717, 1.165) is 32.4 Å². The van der Waals surface area contributed by atoms with Crippen molar-refractivity contribution in [2.24, 2.45) is 0 Å². The Morgan fingerprint density at radius 2 is 1.58 bits per heavy atom. The summed E-state index contributed by atoms with van der Waals surface area (Å²) >= 11 is 0. The molecule has 0 atom stereocenters. The molecular formula is C10H11NaO7S. The zero-order chi connectivity index (χ0) is 13.9. The predicted octanol–water partition coefficient (Wildman–Crippen LogP) is -2.38. The SMILES string of the molecule is COC(=O)c1ccc(S(=O)(=O)O)cc1C(=O)OC.[H-].[Na+]. The number of hydrogen-bond acceptors (Lipinski definition) is 6. The van der Waals surface area contributed by atoms with E-state index in [1.54, 1.807) is 0 Å². The van der Waals surface area contributed by atoms with Crippen molar-refractivity contribution in [2.75, 3.05) is 14.2 Å². The number of ether oxygens (including phenoxy) is 2. The quantitative estimate of drug-likeness (QED) is 0.377. The molecule has 0 aliphatic rings. The molecule has 1 aromatic rings. The summed E-state index contributed by atoms with van der Waals surface area (Å²) in [5, 5.41) is 0. The molecule has 0 saturated carbocycles. The van der Waals surface area contributed by atoms with Crippen LogP contribution in [-0.2, 0) is 19.6 Å². The summed E-state index contributed by atoms with van der Waals surface area (Å²) < 4.78 is 39.6. The van der Waals surface area contributed by atoms with Crippen molar-refractivity contribution in [3.63, 3.8) is 0 Å². The number of carbonyl (C=O) groups excluding carboxylic acids is 2. The van der Waals surface area contributed by atoms with E-state index in [9.17, 15) is 18.0 Å². The van der Waals surface area contributed by atoms with E-state index in [2.05, 4.69) is 9.47 Å². The minimum atomic E-state index is -4.48. The van der Waals surface area contributed by atoms with Crippen LogP contribution in [0.3, 0.4) is 0 Å². The Morgan fingerprint density at radius 1 is 1.11 bits per heavy atom. The Hall–Kier alpha value is -0.930. The first kappa shape index (κ1) is 18.1. The molecule has 0 aromatic heterocycles. The molecule has 9 heteroatoms. The van der Waals surface area contributed by atoms with Gasteiger partial charge >= 0.3 is 41.5 Å². The molecule has 1 rings (SSSR count). The van der Waals surface area contributed by atoms with E-state index in [1.165, 1.54) is 0 Å². The molecule has 0 heterocycles. The Labute approximate surface area is 133 Å². The maximum absolute atomic E-state index is 11.4. The summed E-state index contributed by atoms with van der Waals surface area (Å²) in [7, 11) is -2.29. The van der Waals surface area contributed by atoms with Crippen LogP contribution < -0.4 is 29.6 Å². The molecule has 0 saturated heterocycles. The second-order valence-corrected chi connectivity index (χ2v) is 4.59. The maximum atomic E-state index is 11.4. The minimum Gasteiger partial charge on any atom is -1.00 e. The summed E-state index contributed by atoms with van der Waals surface area (Å²) in [4.78, 5) is 22.3. The second-order valence-electron chi connectivity index (χ2n) is 3.17. The standard InChI is InChI=1S/C10H10O7S.Na.H/c1-16-9(11)7-4-3-6(18(13,14)15)5-8(7)10(12)17-2;;/h3-5H,1-2H3,(H,13,14,15);;/q;+1;-1. The molecule has 0 amide bonds. The summed E-state index contributed by atoms with van der Waals surface area (Å²) in [6.45, 7) is 0. The van der Waals surface area contributed by atoms with Crippen molar-refractivity contribution in [1.29, 1.82) is 0 Å². The van der Waals surface area contributed by atoms with Gasteiger partial charge in [-0.05, 0) is 18.2 Å². The molecular weight excluding hydrogens is 287 g/mol. The van der Waals surface area contributed by atoms with Crippen LogP contribution in [0.5, 0.6) is 0 Å². The summed E-state index contributed by atoms with van der Waals surface area (Å²) in [6.07, 6.45) is 0. The molecule has 1 N–H and O–H groups in total. The molecule has 7 nitrogen and oxygen atoms in total. The number of methoxy groups -OCH3 is 2. The summed E-state index contributed by atoms with van der Waals surface area (Å²) in [5.41, 5.74) is -0.462. The van der Waals surface area contributed by atoms with Gasteiger partial charge in [-0.15, -0.1) is 0 Å². The average Bonchev–Trinajstić information content (AvgIpc) is 2.35. The largest absolute Gasteiger partial charge is 1.00 e. The Kier molecular flexibility index (Phi) is 6.67. The van der Waals surface area contributed by atoms with Crippen LogP contribution in [0.4, 0.5) is 0 Å². The second kappa shape index (κ2) is 7.01. The monoisotopic (exact) mass is 298 g/mol.